The van der Waals surface area contributed by atoms with Crippen molar-refractivity contribution in [2.24, 2.45) is 11.7 Å². The Morgan fingerprint density at radius 1 is 1.42 bits per heavy atom. The van der Waals surface area contributed by atoms with E-state index in [1.165, 1.54) is 11.3 Å². The van der Waals surface area contributed by atoms with Crippen molar-refractivity contribution in [3.8, 4) is 0 Å². The summed E-state index contributed by atoms with van der Waals surface area (Å²) in [6, 6.07) is -0.248. The predicted octanol–water partition coefficient (Wildman–Crippen LogP) is 1.24. The molecule has 0 saturated carbocycles. The van der Waals surface area contributed by atoms with Gasteiger partial charge in [-0.3, -0.25) is 14.5 Å². The van der Waals surface area contributed by atoms with Gasteiger partial charge in [-0.15, -0.1) is 11.3 Å². The van der Waals surface area contributed by atoms with E-state index in [0.29, 0.717) is 10.8 Å². The number of nitrogens with one attached hydrogen (secondary N) is 1. The molecular formula is C16H26N4O3S. The number of ether oxygens (including phenoxy) is 1. The number of thiazole rings is 1. The molecule has 1 saturated heterocycles. The number of aromatic nitrogens is 1. The highest BCUT2D eigenvalue weighted by Gasteiger charge is 2.34. The number of primary amides is 1. The molecule has 1 aromatic rings. The second kappa shape index (κ2) is 8.04. The molecule has 24 heavy (non-hydrogen) atoms. The van der Waals surface area contributed by atoms with Crippen molar-refractivity contribution < 1.29 is 14.3 Å². The quantitative estimate of drug-likeness (QED) is 0.801. The average molecular weight is 354 g/mol. The van der Waals surface area contributed by atoms with Gasteiger partial charge in [-0.25, -0.2) is 4.98 Å². The molecule has 2 heterocycles. The molecule has 1 aliphatic heterocycles. The second-order valence-electron chi connectivity index (χ2n) is 6.68. The number of nitrogens with two attached hydrogens (primary N) is 1. The number of rotatable bonds is 6. The molecule has 134 valence electrons. The van der Waals surface area contributed by atoms with E-state index in [9.17, 15) is 9.59 Å². The van der Waals surface area contributed by atoms with E-state index >= 15 is 0 Å². The molecule has 1 aliphatic rings. The van der Waals surface area contributed by atoms with Crippen LogP contribution in [0.2, 0.25) is 0 Å². The molecule has 2 rings (SSSR count). The Balaban J connectivity index is 2.06. The van der Waals surface area contributed by atoms with E-state index in [2.05, 4.69) is 15.2 Å². The van der Waals surface area contributed by atoms with Crippen LogP contribution in [0, 0.1) is 5.92 Å². The second-order valence-corrected chi connectivity index (χ2v) is 7.53. The molecular weight excluding hydrogens is 328 g/mol. The average Bonchev–Trinajstić information content (AvgIpc) is 2.83. The molecule has 0 aromatic carbocycles. The van der Waals surface area contributed by atoms with Gasteiger partial charge in [0.25, 0.3) is 0 Å². The van der Waals surface area contributed by atoms with Crippen LogP contribution in [-0.2, 0) is 20.7 Å². The first-order valence-electron chi connectivity index (χ1n) is 8.19. The van der Waals surface area contributed by atoms with Crippen LogP contribution >= 0.6 is 11.3 Å². The zero-order valence-electron chi connectivity index (χ0n) is 14.6. The number of carbonyl (C=O) groups is 2. The van der Waals surface area contributed by atoms with E-state index in [1.807, 2.05) is 27.7 Å². The number of hydrogen-bond acceptors (Lipinski definition) is 6. The Morgan fingerprint density at radius 2 is 2.04 bits per heavy atom. The van der Waals surface area contributed by atoms with Crippen molar-refractivity contribution in [2.45, 2.75) is 52.4 Å². The van der Waals surface area contributed by atoms with Gasteiger partial charge in [-0.1, -0.05) is 13.8 Å². The maximum absolute atomic E-state index is 12.8. The zero-order chi connectivity index (χ0) is 17.9. The van der Waals surface area contributed by atoms with Crippen molar-refractivity contribution in [2.75, 3.05) is 18.4 Å². The van der Waals surface area contributed by atoms with Crippen molar-refractivity contribution in [3.05, 3.63) is 11.1 Å². The standard InChI is InChI=1S/C16H26N4O3S/c1-9(2)14(20-6-10(3)23-11(4)7-20)15(22)19-16-18-12(8-24-16)5-13(17)21/h8-11,14H,5-7H2,1-4H3,(H2,17,21)(H,18,19,22)/t10-,11+,14-/m1/s1. The van der Waals surface area contributed by atoms with Crippen LogP contribution in [0.15, 0.2) is 5.38 Å². The minimum atomic E-state index is -0.436. The molecule has 3 N–H and O–H groups in total. The molecule has 3 atom stereocenters. The summed E-state index contributed by atoms with van der Waals surface area (Å²) in [6.45, 7) is 9.57. The predicted molar refractivity (Wildman–Crippen MR) is 93.9 cm³/mol. The molecule has 8 heteroatoms. The number of carbonyl (C=O) groups excluding carboxylic acids is 2. The summed E-state index contributed by atoms with van der Waals surface area (Å²) in [7, 11) is 0. The minimum absolute atomic E-state index is 0.0775. The van der Waals surface area contributed by atoms with E-state index in [1.54, 1.807) is 5.38 Å². The summed E-state index contributed by atoms with van der Waals surface area (Å²) < 4.78 is 5.76. The topological polar surface area (TPSA) is 97.6 Å². The van der Waals surface area contributed by atoms with Crippen molar-refractivity contribution in [3.63, 3.8) is 0 Å². The first-order chi connectivity index (χ1) is 11.3. The fraction of sp³-hybridized carbons (Fsp3) is 0.688. The molecule has 0 aliphatic carbocycles. The summed E-state index contributed by atoms with van der Waals surface area (Å²) >= 11 is 1.30. The summed E-state index contributed by atoms with van der Waals surface area (Å²) in [4.78, 5) is 30.2. The maximum Gasteiger partial charge on any atom is 0.243 e. The van der Waals surface area contributed by atoms with Crippen LogP contribution in [-0.4, -0.2) is 53.0 Å². The summed E-state index contributed by atoms with van der Waals surface area (Å²) in [6.07, 6.45) is 0.285. The van der Waals surface area contributed by atoms with Gasteiger partial charge in [-0.05, 0) is 19.8 Å². The van der Waals surface area contributed by atoms with E-state index in [0.717, 1.165) is 13.1 Å². The summed E-state index contributed by atoms with van der Waals surface area (Å²) in [5.41, 5.74) is 5.75. The lowest BCUT2D eigenvalue weighted by Gasteiger charge is -2.40. The van der Waals surface area contributed by atoms with Gasteiger partial charge in [0.15, 0.2) is 5.13 Å². The minimum Gasteiger partial charge on any atom is -0.373 e. The van der Waals surface area contributed by atoms with E-state index in [-0.39, 0.29) is 36.5 Å². The van der Waals surface area contributed by atoms with Crippen LogP contribution < -0.4 is 11.1 Å². The third kappa shape index (κ3) is 4.99. The molecule has 1 fully saturated rings. The summed E-state index contributed by atoms with van der Waals surface area (Å²) in [5.74, 6) is -0.353. The summed E-state index contributed by atoms with van der Waals surface area (Å²) in [5, 5.41) is 5.11. The highest BCUT2D eigenvalue weighted by atomic mass is 32.1. The number of hydrogen-bond donors (Lipinski definition) is 2. The fourth-order valence-electron chi connectivity index (χ4n) is 3.14. The first-order valence-corrected chi connectivity index (χ1v) is 9.07. The van der Waals surface area contributed by atoms with Gasteiger partial charge in [0, 0.05) is 18.5 Å². The van der Waals surface area contributed by atoms with Crippen LogP contribution in [0.5, 0.6) is 0 Å². The van der Waals surface area contributed by atoms with Gasteiger partial charge in [0.05, 0.1) is 30.4 Å². The van der Waals surface area contributed by atoms with E-state index < -0.39 is 5.91 Å². The van der Waals surface area contributed by atoms with Gasteiger partial charge >= 0.3 is 0 Å². The highest BCUT2D eigenvalue weighted by Crippen LogP contribution is 2.21. The largest absolute Gasteiger partial charge is 0.373 e. The molecule has 0 bridgehead atoms. The molecule has 0 radical (unpaired) electrons. The first kappa shape index (κ1) is 18.8. The molecule has 0 unspecified atom stereocenters. The van der Waals surface area contributed by atoms with Gasteiger partial charge < -0.3 is 15.8 Å². The van der Waals surface area contributed by atoms with Crippen molar-refractivity contribution in [1.82, 2.24) is 9.88 Å². The SMILES string of the molecule is CC(C)[C@H](C(=O)Nc1nc(CC(N)=O)cs1)N1C[C@@H](C)O[C@@H](C)C1. The molecule has 1 aromatic heterocycles. The van der Waals surface area contributed by atoms with E-state index in [4.69, 9.17) is 10.5 Å². The van der Waals surface area contributed by atoms with Crippen molar-refractivity contribution >= 4 is 28.3 Å². The third-order valence-corrected chi connectivity index (χ3v) is 4.69. The normalized spacial score (nSPS) is 23.2. The third-order valence-electron chi connectivity index (χ3n) is 3.88. The monoisotopic (exact) mass is 354 g/mol. The molecule has 7 nitrogen and oxygen atoms in total. The van der Waals surface area contributed by atoms with Gasteiger partial charge in [0.2, 0.25) is 11.8 Å². The van der Waals surface area contributed by atoms with Crippen LogP contribution in [0.3, 0.4) is 0 Å². The Bertz CT molecular complexity index is 580. The zero-order valence-corrected chi connectivity index (χ0v) is 15.4. The van der Waals surface area contributed by atoms with Crippen LogP contribution in [0.1, 0.15) is 33.4 Å². The fourth-order valence-corrected chi connectivity index (χ4v) is 3.85. The van der Waals surface area contributed by atoms with Crippen molar-refractivity contribution in [1.29, 1.82) is 0 Å². The Labute approximate surface area is 146 Å². The molecule has 0 spiro atoms. The van der Waals surface area contributed by atoms with Gasteiger partial charge in [-0.2, -0.15) is 0 Å². The lowest BCUT2D eigenvalue weighted by atomic mass is 10.00. The number of amides is 2. The smallest absolute Gasteiger partial charge is 0.243 e. The maximum atomic E-state index is 12.8. The van der Waals surface area contributed by atoms with Crippen LogP contribution in [0.25, 0.3) is 0 Å². The lowest BCUT2D eigenvalue weighted by molar-refractivity contribution is -0.130. The number of anilines is 1. The Morgan fingerprint density at radius 3 is 2.58 bits per heavy atom. The Hall–Kier alpha value is -1.51. The molecule has 2 amide bonds. The van der Waals surface area contributed by atoms with Gasteiger partial charge in [0.1, 0.15) is 0 Å². The van der Waals surface area contributed by atoms with Crippen LogP contribution in [0.4, 0.5) is 5.13 Å². The number of morpholine rings is 1. The Kier molecular flexibility index (Phi) is 6.31. The number of nitrogens with zero attached hydrogens (tertiary/aromatic N) is 2. The lowest BCUT2D eigenvalue weighted by Crippen LogP contribution is -2.55. The highest BCUT2D eigenvalue weighted by molar-refractivity contribution is 7.13.